The quantitative estimate of drug-likeness (QED) is 0.855. The fraction of sp³-hybridized carbons (Fsp3) is 0.235. The molecule has 0 saturated carbocycles. The van der Waals surface area contributed by atoms with Gasteiger partial charge in [-0.1, -0.05) is 0 Å². The lowest BCUT2D eigenvalue weighted by atomic mass is 10.2. The lowest BCUT2D eigenvalue weighted by molar-refractivity contribution is -0.122. The predicted octanol–water partition coefficient (Wildman–Crippen LogP) is 3.77. The Balaban J connectivity index is 1.68. The van der Waals surface area contributed by atoms with Crippen LogP contribution in [0.15, 0.2) is 40.9 Å². The van der Waals surface area contributed by atoms with Crippen LogP contribution >= 0.6 is 15.9 Å². The van der Waals surface area contributed by atoms with Crippen molar-refractivity contribution >= 4 is 27.5 Å². The van der Waals surface area contributed by atoms with Crippen LogP contribution in [0.5, 0.6) is 17.2 Å². The molecule has 0 aliphatic carbocycles. The van der Waals surface area contributed by atoms with Crippen LogP contribution in [0.1, 0.15) is 6.92 Å². The van der Waals surface area contributed by atoms with Crippen molar-refractivity contribution in [3.05, 3.63) is 46.7 Å². The van der Waals surface area contributed by atoms with E-state index >= 15 is 0 Å². The number of fused-ring (bicyclic) bond motifs is 1. The van der Waals surface area contributed by atoms with Crippen molar-refractivity contribution < 1.29 is 23.4 Å². The van der Waals surface area contributed by atoms with Gasteiger partial charge in [0.05, 0.1) is 5.69 Å². The number of amides is 1. The Kier molecular flexibility index (Phi) is 4.89. The molecule has 1 aliphatic heterocycles. The standard InChI is InChI=1S/C17H15BrFNO4/c1-10(24-12-4-2-11(19)3-5-12)17(21)20-14-9-16-15(8-13(14)18)22-6-7-23-16/h2-5,8-10H,6-7H2,1H3,(H,20,21). The van der Waals surface area contributed by atoms with Crippen LogP contribution in [0.25, 0.3) is 0 Å². The van der Waals surface area contributed by atoms with Crippen molar-refractivity contribution in [2.75, 3.05) is 18.5 Å². The number of hydrogen-bond donors (Lipinski definition) is 1. The van der Waals surface area contributed by atoms with Gasteiger partial charge in [0.2, 0.25) is 0 Å². The maximum Gasteiger partial charge on any atom is 0.265 e. The maximum absolute atomic E-state index is 12.9. The second kappa shape index (κ2) is 7.09. The molecule has 1 atom stereocenters. The number of nitrogens with one attached hydrogen (secondary N) is 1. The molecule has 3 rings (SSSR count). The summed E-state index contributed by atoms with van der Waals surface area (Å²) in [6.07, 6.45) is -0.754. The minimum absolute atomic E-state index is 0.336. The Morgan fingerprint density at radius 2 is 1.83 bits per heavy atom. The van der Waals surface area contributed by atoms with E-state index in [1.807, 2.05) is 0 Å². The summed E-state index contributed by atoms with van der Waals surface area (Å²) in [4.78, 5) is 12.3. The van der Waals surface area contributed by atoms with Crippen molar-refractivity contribution in [1.29, 1.82) is 0 Å². The molecular formula is C17H15BrFNO4. The summed E-state index contributed by atoms with van der Waals surface area (Å²) in [6.45, 7) is 2.57. The molecule has 0 radical (unpaired) electrons. The molecule has 0 saturated heterocycles. The van der Waals surface area contributed by atoms with E-state index in [4.69, 9.17) is 14.2 Å². The highest BCUT2D eigenvalue weighted by Crippen LogP contribution is 2.38. The van der Waals surface area contributed by atoms with Crippen LogP contribution in [-0.4, -0.2) is 25.2 Å². The molecule has 0 spiro atoms. The van der Waals surface area contributed by atoms with E-state index in [0.717, 1.165) is 0 Å². The first-order chi connectivity index (χ1) is 11.5. The summed E-state index contributed by atoms with van der Waals surface area (Å²) in [5, 5.41) is 2.77. The van der Waals surface area contributed by atoms with Gasteiger partial charge in [0.1, 0.15) is 24.8 Å². The Morgan fingerprint density at radius 3 is 2.50 bits per heavy atom. The normalized spacial score (nSPS) is 14.0. The Labute approximate surface area is 146 Å². The second-order valence-corrected chi connectivity index (χ2v) is 6.03. The van der Waals surface area contributed by atoms with Crippen molar-refractivity contribution in [1.82, 2.24) is 0 Å². The molecule has 1 heterocycles. The molecule has 2 aromatic rings. The first-order valence-electron chi connectivity index (χ1n) is 7.35. The van der Waals surface area contributed by atoms with Crippen molar-refractivity contribution in [2.24, 2.45) is 0 Å². The smallest absolute Gasteiger partial charge is 0.265 e. The average Bonchev–Trinajstić information content (AvgIpc) is 2.57. The van der Waals surface area contributed by atoms with Gasteiger partial charge in [-0.15, -0.1) is 0 Å². The Morgan fingerprint density at radius 1 is 1.21 bits per heavy atom. The summed E-state index contributed by atoms with van der Waals surface area (Å²) >= 11 is 3.40. The molecular weight excluding hydrogens is 381 g/mol. The van der Waals surface area contributed by atoms with E-state index in [2.05, 4.69) is 21.2 Å². The summed E-state index contributed by atoms with van der Waals surface area (Å²) < 4.78 is 30.1. The van der Waals surface area contributed by atoms with Gasteiger partial charge in [-0.3, -0.25) is 4.79 Å². The molecule has 24 heavy (non-hydrogen) atoms. The summed E-state index contributed by atoms with van der Waals surface area (Å²) in [5.41, 5.74) is 0.554. The zero-order chi connectivity index (χ0) is 17.1. The van der Waals surface area contributed by atoms with E-state index in [-0.39, 0.29) is 11.7 Å². The molecule has 1 unspecified atom stereocenters. The second-order valence-electron chi connectivity index (χ2n) is 5.18. The van der Waals surface area contributed by atoms with Gasteiger partial charge in [0.25, 0.3) is 5.91 Å². The number of anilines is 1. The Hall–Kier alpha value is -2.28. The van der Waals surface area contributed by atoms with E-state index in [1.54, 1.807) is 19.1 Å². The first-order valence-corrected chi connectivity index (χ1v) is 8.14. The molecule has 126 valence electrons. The summed E-state index contributed by atoms with van der Waals surface area (Å²) in [5.74, 6) is 0.922. The summed E-state index contributed by atoms with van der Waals surface area (Å²) in [7, 11) is 0. The monoisotopic (exact) mass is 395 g/mol. The van der Waals surface area contributed by atoms with Gasteiger partial charge in [0, 0.05) is 16.6 Å². The third kappa shape index (κ3) is 3.79. The molecule has 1 aliphatic rings. The highest BCUT2D eigenvalue weighted by Gasteiger charge is 2.19. The van der Waals surface area contributed by atoms with Crippen LogP contribution in [-0.2, 0) is 4.79 Å². The molecule has 0 aromatic heterocycles. The van der Waals surface area contributed by atoms with Gasteiger partial charge in [0.15, 0.2) is 17.6 Å². The minimum Gasteiger partial charge on any atom is -0.486 e. The van der Waals surface area contributed by atoms with Gasteiger partial charge in [-0.05, 0) is 47.1 Å². The van der Waals surface area contributed by atoms with Gasteiger partial charge < -0.3 is 19.5 Å². The summed E-state index contributed by atoms with van der Waals surface area (Å²) in [6, 6.07) is 8.93. The number of halogens is 2. The lowest BCUT2D eigenvalue weighted by Gasteiger charge is -2.21. The molecule has 1 amide bonds. The number of carbonyl (C=O) groups is 1. The van der Waals surface area contributed by atoms with Crippen molar-refractivity contribution in [3.63, 3.8) is 0 Å². The van der Waals surface area contributed by atoms with Gasteiger partial charge >= 0.3 is 0 Å². The van der Waals surface area contributed by atoms with Crippen LogP contribution in [0.4, 0.5) is 10.1 Å². The molecule has 0 bridgehead atoms. The number of rotatable bonds is 4. The van der Waals surface area contributed by atoms with Crippen molar-refractivity contribution in [3.8, 4) is 17.2 Å². The zero-order valence-electron chi connectivity index (χ0n) is 12.8. The topological polar surface area (TPSA) is 56.8 Å². The number of carbonyl (C=O) groups excluding carboxylic acids is 1. The fourth-order valence-corrected chi connectivity index (χ4v) is 2.59. The highest BCUT2D eigenvalue weighted by molar-refractivity contribution is 9.10. The van der Waals surface area contributed by atoms with E-state index in [1.165, 1.54) is 24.3 Å². The lowest BCUT2D eigenvalue weighted by Crippen LogP contribution is -2.30. The SMILES string of the molecule is CC(Oc1ccc(F)cc1)C(=O)Nc1cc2c(cc1Br)OCCO2. The van der Waals surface area contributed by atoms with Crippen LogP contribution in [0.2, 0.25) is 0 Å². The molecule has 0 fully saturated rings. The Bertz CT molecular complexity index is 751. The largest absolute Gasteiger partial charge is 0.486 e. The van der Waals surface area contributed by atoms with Gasteiger partial charge in [-0.2, -0.15) is 0 Å². The number of hydrogen-bond acceptors (Lipinski definition) is 4. The zero-order valence-corrected chi connectivity index (χ0v) is 14.4. The third-order valence-electron chi connectivity index (χ3n) is 3.39. The molecule has 5 nitrogen and oxygen atoms in total. The van der Waals surface area contributed by atoms with Crippen LogP contribution in [0, 0.1) is 5.82 Å². The predicted molar refractivity (Wildman–Crippen MR) is 90.3 cm³/mol. The number of benzene rings is 2. The maximum atomic E-state index is 12.9. The van der Waals surface area contributed by atoms with E-state index in [0.29, 0.717) is 40.6 Å². The van der Waals surface area contributed by atoms with E-state index < -0.39 is 6.10 Å². The van der Waals surface area contributed by atoms with E-state index in [9.17, 15) is 9.18 Å². The van der Waals surface area contributed by atoms with Crippen molar-refractivity contribution in [2.45, 2.75) is 13.0 Å². The molecule has 1 N–H and O–H groups in total. The third-order valence-corrected chi connectivity index (χ3v) is 4.04. The number of ether oxygens (including phenoxy) is 3. The van der Waals surface area contributed by atoms with Crippen LogP contribution in [0.3, 0.4) is 0 Å². The first kappa shape index (κ1) is 16.6. The fourth-order valence-electron chi connectivity index (χ4n) is 2.16. The van der Waals surface area contributed by atoms with Crippen LogP contribution < -0.4 is 19.5 Å². The average molecular weight is 396 g/mol. The molecule has 7 heteroatoms. The molecule has 2 aromatic carbocycles. The minimum atomic E-state index is -0.754. The van der Waals surface area contributed by atoms with Gasteiger partial charge in [-0.25, -0.2) is 4.39 Å². The highest BCUT2D eigenvalue weighted by atomic mass is 79.9.